The number of hydrogen-bond donors (Lipinski definition) is 1. The Bertz CT molecular complexity index is 582. The van der Waals surface area contributed by atoms with Gasteiger partial charge in [0.2, 0.25) is 0 Å². The molecule has 1 N–H and O–H groups in total. The zero-order valence-electron chi connectivity index (χ0n) is 14.4. The van der Waals surface area contributed by atoms with E-state index in [2.05, 4.69) is 5.32 Å². The van der Waals surface area contributed by atoms with E-state index in [-0.39, 0.29) is 0 Å². The van der Waals surface area contributed by atoms with Crippen molar-refractivity contribution in [3.05, 3.63) is 23.3 Å². The van der Waals surface area contributed by atoms with Crippen molar-refractivity contribution < 1.29 is 18.8 Å². The summed E-state index contributed by atoms with van der Waals surface area (Å²) < 4.78 is 17.4. The first-order chi connectivity index (χ1) is 10.1. The average Bonchev–Trinajstić information content (AvgIpc) is 2.61. The van der Waals surface area contributed by atoms with Crippen LogP contribution in [0.3, 0.4) is 0 Å². The maximum atomic E-state index is 11.5. The molecular formula is C16H24BNO4. The molecule has 22 heavy (non-hydrogen) atoms. The van der Waals surface area contributed by atoms with E-state index in [0.717, 1.165) is 16.6 Å². The van der Waals surface area contributed by atoms with E-state index in [9.17, 15) is 4.79 Å². The standard InChI is InChI=1S/C16H24BNO4/c1-10-8-11(2)13(20-14(19)18-7)9-12(10)17-21-15(3,4)16(5,6)22-17/h8-9H,1-7H3,(H,18,19). The third kappa shape index (κ3) is 2.98. The van der Waals surface area contributed by atoms with Crippen LogP contribution in [0.4, 0.5) is 4.79 Å². The first-order valence-electron chi connectivity index (χ1n) is 7.44. The van der Waals surface area contributed by atoms with Crippen LogP contribution < -0.4 is 15.5 Å². The van der Waals surface area contributed by atoms with Gasteiger partial charge in [-0.2, -0.15) is 0 Å². The second kappa shape index (κ2) is 5.59. The van der Waals surface area contributed by atoms with Crippen molar-refractivity contribution in [3.63, 3.8) is 0 Å². The molecule has 6 heteroatoms. The Morgan fingerprint density at radius 2 is 1.64 bits per heavy atom. The molecule has 0 aliphatic carbocycles. The molecule has 0 bridgehead atoms. The van der Waals surface area contributed by atoms with Gasteiger partial charge in [0.25, 0.3) is 0 Å². The van der Waals surface area contributed by atoms with Crippen molar-refractivity contribution in [2.45, 2.75) is 52.7 Å². The molecule has 2 rings (SSSR count). The average molecular weight is 305 g/mol. The molecule has 0 aromatic heterocycles. The Morgan fingerprint density at radius 1 is 1.09 bits per heavy atom. The van der Waals surface area contributed by atoms with Crippen molar-refractivity contribution in [2.75, 3.05) is 7.05 Å². The largest absolute Gasteiger partial charge is 0.495 e. The lowest BCUT2D eigenvalue weighted by atomic mass is 9.75. The number of carbonyl (C=O) groups excluding carboxylic acids is 1. The van der Waals surface area contributed by atoms with Crippen molar-refractivity contribution in [3.8, 4) is 5.75 Å². The van der Waals surface area contributed by atoms with Crippen LogP contribution in [0.2, 0.25) is 0 Å². The minimum Gasteiger partial charge on any atom is -0.410 e. The summed E-state index contributed by atoms with van der Waals surface area (Å²) in [4.78, 5) is 11.5. The molecule has 1 aromatic carbocycles. The summed E-state index contributed by atoms with van der Waals surface area (Å²) >= 11 is 0. The molecule has 1 aliphatic rings. The Kier molecular flexibility index (Phi) is 4.28. The smallest absolute Gasteiger partial charge is 0.410 e. The zero-order chi connectivity index (χ0) is 16.7. The summed E-state index contributed by atoms with van der Waals surface area (Å²) in [5.74, 6) is 0.509. The Balaban J connectivity index is 2.36. The van der Waals surface area contributed by atoms with Crippen LogP contribution in [0.25, 0.3) is 0 Å². The van der Waals surface area contributed by atoms with Gasteiger partial charge in [-0.25, -0.2) is 4.79 Å². The predicted molar refractivity (Wildman–Crippen MR) is 86.7 cm³/mol. The van der Waals surface area contributed by atoms with Crippen LogP contribution in [0.5, 0.6) is 5.75 Å². The van der Waals surface area contributed by atoms with Crippen LogP contribution >= 0.6 is 0 Å². The number of hydrogen-bond acceptors (Lipinski definition) is 4. The summed E-state index contributed by atoms with van der Waals surface area (Å²) in [6, 6.07) is 3.79. The molecule has 1 aromatic rings. The van der Waals surface area contributed by atoms with Gasteiger partial charge in [-0.1, -0.05) is 11.6 Å². The summed E-state index contributed by atoms with van der Waals surface area (Å²) in [6.07, 6.45) is -0.494. The molecule has 0 saturated carbocycles. The molecule has 1 saturated heterocycles. The van der Waals surface area contributed by atoms with E-state index < -0.39 is 24.4 Å². The summed E-state index contributed by atoms with van der Waals surface area (Å²) in [6.45, 7) is 11.9. The molecule has 0 spiro atoms. The van der Waals surface area contributed by atoms with Gasteiger partial charge in [-0.05, 0) is 58.6 Å². The highest BCUT2D eigenvalue weighted by atomic mass is 16.7. The number of benzene rings is 1. The molecule has 0 atom stereocenters. The molecule has 120 valence electrons. The fraction of sp³-hybridized carbons (Fsp3) is 0.562. The minimum atomic E-state index is -0.494. The number of amides is 1. The highest BCUT2D eigenvalue weighted by Gasteiger charge is 2.52. The maximum absolute atomic E-state index is 11.5. The second-order valence-electron chi connectivity index (χ2n) is 6.70. The molecular weight excluding hydrogens is 281 g/mol. The van der Waals surface area contributed by atoms with Gasteiger partial charge in [0.05, 0.1) is 11.2 Å². The van der Waals surface area contributed by atoms with Gasteiger partial charge in [0.1, 0.15) is 5.75 Å². The van der Waals surface area contributed by atoms with Crippen LogP contribution in [0, 0.1) is 13.8 Å². The Morgan fingerprint density at radius 3 is 2.14 bits per heavy atom. The fourth-order valence-electron chi connectivity index (χ4n) is 2.33. The maximum Gasteiger partial charge on any atom is 0.495 e. The number of ether oxygens (including phenoxy) is 1. The molecule has 1 heterocycles. The van der Waals surface area contributed by atoms with E-state index in [1.807, 2.05) is 53.7 Å². The van der Waals surface area contributed by atoms with Crippen molar-refractivity contribution in [1.29, 1.82) is 0 Å². The molecule has 1 amide bonds. The van der Waals surface area contributed by atoms with Crippen LogP contribution in [0.15, 0.2) is 12.1 Å². The Labute approximate surface area is 132 Å². The highest BCUT2D eigenvalue weighted by Crippen LogP contribution is 2.37. The molecule has 0 radical (unpaired) electrons. The second-order valence-corrected chi connectivity index (χ2v) is 6.70. The lowest BCUT2D eigenvalue weighted by Gasteiger charge is -2.32. The van der Waals surface area contributed by atoms with Gasteiger partial charge in [-0.3, -0.25) is 0 Å². The van der Waals surface area contributed by atoms with Gasteiger partial charge in [0, 0.05) is 7.05 Å². The fourth-order valence-corrected chi connectivity index (χ4v) is 2.33. The number of carbonyl (C=O) groups is 1. The highest BCUT2D eigenvalue weighted by molar-refractivity contribution is 6.62. The van der Waals surface area contributed by atoms with E-state index in [0.29, 0.717) is 5.75 Å². The van der Waals surface area contributed by atoms with E-state index in [4.69, 9.17) is 14.0 Å². The van der Waals surface area contributed by atoms with E-state index >= 15 is 0 Å². The summed E-state index contributed by atoms with van der Waals surface area (Å²) in [5, 5.41) is 2.45. The number of nitrogens with one attached hydrogen (secondary N) is 1. The first kappa shape index (κ1) is 16.8. The van der Waals surface area contributed by atoms with Crippen molar-refractivity contribution in [2.24, 2.45) is 0 Å². The van der Waals surface area contributed by atoms with E-state index in [1.165, 1.54) is 7.05 Å². The molecule has 1 fully saturated rings. The van der Waals surface area contributed by atoms with Crippen molar-refractivity contribution in [1.82, 2.24) is 5.32 Å². The quantitative estimate of drug-likeness (QED) is 0.852. The third-order valence-corrected chi connectivity index (χ3v) is 4.48. The van der Waals surface area contributed by atoms with E-state index in [1.54, 1.807) is 0 Å². The monoisotopic (exact) mass is 305 g/mol. The van der Waals surface area contributed by atoms with Crippen LogP contribution in [0.1, 0.15) is 38.8 Å². The molecule has 5 nitrogen and oxygen atoms in total. The zero-order valence-corrected chi connectivity index (χ0v) is 14.4. The summed E-state index contributed by atoms with van der Waals surface area (Å²) in [5.41, 5.74) is 2.00. The van der Waals surface area contributed by atoms with Gasteiger partial charge in [-0.15, -0.1) is 0 Å². The summed E-state index contributed by atoms with van der Waals surface area (Å²) in [7, 11) is 1.05. The lowest BCUT2D eigenvalue weighted by Crippen LogP contribution is -2.41. The van der Waals surface area contributed by atoms with Gasteiger partial charge in [0.15, 0.2) is 0 Å². The predicted octanol–water partition coefficient (Wildman–Crippen LogP) is 2.32. The van der Waals surface area contributed by atoms with Gasteiger partial charge < -0.3 is 19.4 Å². The first-order valence-corrected chi connectivity index (χ1v) is 7.44. The van der Waals surface area contributed by atoms with Crippen molar-refractivity contribution >= 4 is 18.7 Å². The van der Waals surface area contributed by atoms with Gasteiger partial charge >= 0.3 is 13.2 Å². The lowest BCUT2D eigenvalue weighted by molar-refractivity contribution is 0.00578. The molecule has 1 aliphatic heterocycles. The minimum absolute atomic E-state index is 0.406. The molecule has 0 unspecified atom stereocenters. The normalized spacial score (nSPS) is 19.1. The Hall–Kier alpha value is -1.53. The number of aryl methyl sites for hydroxylation is 2. The topological polar surface area (TPSA) is 56.8 Å². The van der Waals surface area contributed by atoms with Crippen LogP contribution in [-0.4, -0.2) is 31.5 Å². The van der Waals surface area contributed by atoms with Crippen LogP contribution in [-0.2, 0) is 9.31 Å². The SMILES string of the molecule is CNC(=O)Oc1cc(B2OC(C)(C)C(C)(C)O2)c(C)cc1C. The third-order valence-electron chi connectivity index (χ3n) is 4.48. The number of rotatable bonds is 2.